The van der Waals surface area contributed by atoms with Gasteiger partial charge in [0, 0.05) is 38.0 Å². The molecule has 8 aromatic carbocycles. The topological polar surface area (TPSA) is 57.4 Å². The molecule has 0 N–H and O–H groups in total. The number of fused-ring (bicyclic) bond motifs is 13. The molecule has 4 nitrogen and oxygen atoms in total. The van der Waals surface area contributed by atoms with Crippen molar-refractivity contribution in [3.05, 3.63) is 157 Å². The van der Waals surface area contributed by atoms with Crippen molar-refractivity contribution in [3.63, 3.8) is 0 Å². The Hall–Kier alpha value is -6.88. The minimum atomic E-state index is 0.340. The van der Waals surface area contributed by atoms with E-state index in [1.165, 1.54) is 5.39 Å². The summed E-state index contributed by atoms with van der Waals surface area (Å²) in [4.78, 5) is 0. The van der Waals surface area contributed by atoms with Crippen molar-refractivity contribution in [1.29, 1.82) is 10.5 Å². The van der Waals surface area contributed by atoms with Crippen molar-refractivity contribution >= 4 is 75.9 Å². The molecule has 0 radical (unpaired) electrons. The first-order chi connectivity index (χ1) is 23.8. The second kappa shape index (κ2) is 9.81. The predicted octanol–water partition coefficient (Wildman–Crippen LogP) is 11.1. The van der Waals surface area contributed by atoms with Crippen molar-refractivity contribution < 1.29 is 0 Å². The first-order valence-electron chi connectivity index (χ1n) is 16.0. The standard InChI is InChI=1S/C44H24N4/c45-25-28-23-29(47-39-19-9-7-15-33(39)36-22-21-27-11-1-2-12-30(27)43(36)47)24-41(38(28)26-46)48-40-20-10-8-18-37(40)42-34-16-5-3-13-31(34)32-14-4-6-17-35(32)44(42)48/h1-24H. The Morgan fingerprint density at radius 3 is 1.71 bits per heavy atom. The fourth-order valence-electron chi connectivity index (χ4n) is 8.00. The van der Waals surface area contributed by atoms with Crippen LogP contribution in [0.4, 0.5) is 0 Å². The van der Waals surface area contributed by atoms with Crippen LogP contribution in [0.15, 0.2) is 146 Å². The Labute approximate surface area is 275 Å². The number of aromatic nitrogens is 2. The van der Waals surface area contributed by atoms with Crippen LogP contribution in [0, 0.1) is 22.7 Å². The Morgan fingerprint density at radius 1 is 0.417 bits per heavy atom. The van der Waals surface area contributed by atoms with E-state index in [0.717, 1.165) is 76.2 Å². The molecule has 0 saturated carbocycles. The highest BCUT2D eigenvalue weighted by molar-refractivity contribution is 6.32. The molecule has 220 valence electrons. The second-order valence-corrected chi connectivity index (χ2v) is 12.3. The summed E-state index contributed by atoms with van der Waals surface area (Å²) in [6.45, 7) is 0. The Morgan fingerprint density at radius 2 is 0.979 bits per heavy atom. The fraction of sp³-hybridized carbons (Fsp3) is 0. The number of hydrogen-bond donors (Lipinski definition) is 0. The normalized spacial score (nSPS) is 11.7. The third kappa shape index (κ3) is 3.41. The first kappa shape index (κ1) is 26.3. The van der Waals surface area contributed by atoms with Gasteiger partial charge in [0.05, 0.1) is 38.9 Å². The SMILES string of the molecule is N#Cc1cc(-n2c3ccccc3c3ccc4ccccc4c32)cc(-n2c3ccccc3c3c4ccccc4c4ccccc4c32)c1C#N. The van der Waals surface area contributed by atoms with Crippen LogP contribution in [0.3, 0.4) is 0 Å². The van der Waals surface area contributed by atoms with Crippen LogP contribution >= 0.6 is 0 Å². The first-order valence-corrected chi connectivity index (χ1v) is 16.0. The van der Waals surface area contributed by atoms with E-state index < -0.39 is 0 Å². The Bertz CT molecular complexity index is 3090. The number of benzene rings is 8. The third-order valence-electron chi connectivity index (χ3n) is 9.94. The lowest BCUT2D eigenvalue weighted by Gasteiger charge is -2.17. The summed E-state index contributed by atoms with van der Waals surface area (Å²) in [5, 5.41) is 32.7. The molecule has 0 atom stereocenters. The smallest absolute Gasteiger partial charge is 0.103 e. The fourth-order valence-corrected chi connectivity index (χ4v) is 8.00. The summed E-state index contributed by atoms with van der Waals surface area (Å²) < 4.78 is 4.48. The molecule has 4 heteroatoms. The molecule has 10 rings (SSSR count). The summed E-state index contributed by atoms with van der Waals surface area (Å²) >= 11 is 0. The summed E-state index contributed by atoms with van der Waals surface area (Å²) in [5.74, 6) is 0. The lowest BCUT2D eigenvalue weighted by atomic mass is 9.96. The van der Waals surface area contributed by atoms with Crippen LogP contribution in [0.2, 0.25) is 0 Å². The zero-order chi connectivity index (χ0) is 31.9. The van der Waals surface area contributed by atoms with E-state index in [4.69, 9.17) is 0 Å². The molecule has 0 aliphatic rings. The van der Waals surface area contributed by atoms with Gasteiger partial charge in [-0.3, -0.25) is 0 Å². The predicted molar refractivity (Wildman–Crippen MR) is 197 cm³/mol. The van der Waals surface area contributed by atoms with Crippen LogP contribution in [0.25, 0.3) is 87.3 Å². The molecule has 0 bridgehead atoms. The molecule has 0 aliphatic heterocycles. The minimum absolute atomic E-state index is 0.340. The van der Waals surface area contributed by atoms with E-state index in [0.29, 0.717) is 16.8 Å². The maximum atomic E-state index is 10.7. The van der Waals surface area contributed by atoms with Crippen LogP contribution in [0.1, 0.15) is 11.1 Å². The van der Waals surface area contributed by atoms with Gasteiger partial charge < -0.3 is 9.13 Å². The molecular weight excluding hydrogens is 585 g/mol. The number of nitriles is 2. The molecule has 48 heavy (non-hydrogen) atoms. The maximum Gasteiger partial charge on any atom is 0.103 e. The molecule has 2 aromatic heterocycles. The summed E-state index contributed by atoms with van der Waals surface area (Å²) in [5.41, 5.74) is 6.34. The summed E-state index contributed by atoms with van der Waals surface area (Å²) in [6.07, 6.45) is 0. The van der Waals surface area contributed by atoms with Gasteiger partial charge in [-0.15, -0.1) is 0 Å². The molecule has 0 amide bonds. The highest BCUT2D eigenvalue weighted by atomic mass is 15.0. The Kier molecular flexibility index (Phi) is 5.38. The lowest BCUT2D eigenvalue weighted by molar-refractivity contribution is 1.12. The van der Waals surface area contributed by atoms with Gasteiger partial charge in [-0.1, -0.05) is 121 Å². The summed E-state index contributed by atoms with van der Waals surface area (Å²) in [7, 11) is 0. The zero-order valence-corrected chi connectivity index (χ0v) is 25.6. The van der Waals surface area contributed by atoms with Crippen molar-refractivity contribution in [2.24, 2.45) is 0 Å². The van der Waals surface area contributed by atoms with E-state index in [2.05, 4.69) is 155 Å². The largest absolute Gasteiger partial charge is 0.308 e. The highest BCUT2D eigenvalue weighted by Crippen LogP contribution is 2.44. The number of rotatable bonds is 2. The van der Waals surface area contributed by atoms with Crippen LogP contribution in [-0.4, -0.2) is 9.13 Å². The molecule has 0 saturated heterocycles. The zero-order valence-electron chi connectivity index (χ0n) is 25.6. The van der Waals surface area contributed by atoms with E-state index in [-0.39, 0.29) is 0 Å². The monoisotopic (exact) mass is 608 g/mol. The van der Waals surface area contributed by atoms with Gasteiger partial charge in [0.2, 0.25) is 0 Å². The molecular formula is C44H24N4. The minimum Gasteiger partial charge on any atom is -0.308 e. The van der Waals surface area contributed by atoms with E-state index in [1.807, 2.05) is 12.1 Å². The maximum absolute atomic E-state index is 10.7. The van der Waals surface area contributed by atoms with Gasteiger partial charge in [0.15, 0.2) is 0 Å². The van der Waals surface area contributed by atoms with Crippen LogP contribution in [-0.2, 0) is 0 Å². The quantitative estimate of drug-likeness (QED) is 0.183. The van der Waals surface area contributed by atoms with E-state index in [1.54, 1.807) is 0 Å². The van der Waals surface area contributed by atoms with Crippen molar-refractivity contribution in [1.82, 2.24) is 9.13 Å². The molecule has 0 fully saturated rings. The number of hydrogen-bond acceptors (Lipinski definition) is 2. The van der Waals surface area contributed by atoms with Gasteiger partial charge >= 0.3 is 0 Å². The van der Waals surface area contributed by atoms with Gasteiger partial charge in [-0.25, -0.2) is 0 Å². The number of nitrogens with zero attached hydrogens (tertiary/aromatic N) is 4. The van der Waals surface area contributed by atoms with Gasteiger partial charge in [0.1, 0.15) is 12.1 Å². The van der Waals surface area contributed by atoms with Crippen LogP contribution < -0.4 is 0 Å². The van der Waals surface area contributed by atoms with E-state index in [9.17, 15) is 10.5 Å². The molecule has 0 spiro atoms. The average molecular weight is 609 g/mol. The van der Waals surface area contributed by atoms with Crippen molar-refractivity contribution in [3.8, 4) is 23.5 Å². The van der Waals surface area contributed by atoms with Crippen molar-refractivity contribution in [2.45, 2.75) is 0 Å². The second-order valence-electron chi connectivity index (χ2n) is 12.3. The van der Waals surface area contributed by atoms with E-state index >= 15 is 0 Å². The molecule has 0 unspecified atom stereocenters. The highest BCUT2D eigenvalue weighted by Gasteiger charge is 2.23. The number of para-hydroxylation sites is 2. The molecule has 10 aromatic rings. The molecule has 2 heterocycles. The van der Waals surface area contributed by atoms with Crippen LogP contribution in [0.5, 0.6) is 0 Å². The molecule has 0 aliphatic carbocycles. The lowest BCUT2D eigenvalue weighted by Crippen LogP contribution is -2.04. The van der Waals surface area contributed by atoms with Gasteiger partial charge in [0.25, 0.3) is 0 Å². The third-order valence-corrected chi connectivity index (χ3v) is 9.94. The average Bonchev–Trinajstić information content (AvgIpc) is 3.68. The Balaban J connectivity index is 1.43. The van der Waals surface area contributed by atoms with Crippen molar-refractivity contribution in [2.75, 3.05) is 0 Å². The summed E-state index contributed by atoms with van der Waals surface area (Å²) in [6, 6.07) is 55.5. The van der Waals surface area contributed by atoms with Gasteiger partial charge in [-0.2, -0.15) is 10.5 Å². The van der Waals surface area contributed by atoms with Gasteiger partial charge in [-0.05, 0) is 45.8 Å².